The molecule has 0 unspecified atom stereocenters. The van der Waals surface area contributed by atoms with E-state index in [1.165, 1.54) is 6.33 Å². The van der Waals surface area contributed by atoms with E-state index < -0.39 is 0 Å². The summed E-state index contributed by atoms with van der Waals surface area (Å²) in [6.07, 6.45) is 7.88. The molecule has 122 valence electrons. The summed E-state index contributed by atoms with van der Waals surface area (Å²) >= 11 is 0. The summed E-state index contributed by atoms with van der Waals surface area (Å²) in [4.78, 5) is 23.8. The molecule has 0 saturated heterocycles. The minimum atomic E-state index is 0.00643. The Balaban J connectivity index is 1.68. The standard InChI is InChI=1S/C17H17N5O2/c1-2-3-16(23)21-13-4-6-14(7-5-13)24-17-10-15(19-11-20-17)22-9-8-18-12-22/h4-12H,2-3H2,1H3,(H,21,23). The van der Waals surface area contributed by atoms with E-state index in [4.69, 9.17) is 4.74 Å². The van der Waals surface area contributed by atoms with E-state index >= 15 is 0 Å². The minimum absolute atomic E-state index is 0.00643. The van der Waals surface area contributed by atoms with E-state index in [0.717, 1.165) is 12.1 Å². The van der Waals surface area contributed by atoms with Crippen LogP contribution in [0.1, 0.15) is 19.8 Å². The second-order valence-electron chi connectivity index (χ2n) is 5.11. The summed E-state index contributed by atoms with van der Waals surface area (Å²) in [6, 6.07) is 8.86. The van der Waals surface area contributed by atoms with E-state index in [-0.39, 0.29) is 5.91 Å². The predicted molar refractivity (Wildman–Crippen MR) is 89.2 cm³/mol. The monoisotopic (exact) mass is 323 g/mol. The first-order valence-electron chi connectivity index (χ1n) is 7.63. The number of nitrogens with one attached hydrogen (secondary N) is 1. The third kappa shape index (κ3) is 3.95. The molecule has 24 heavy (non-hydrogen) atoms. The van der Waals surface area contributed by atoms with Crippen molar-refractivity contribution < 1.29 is 9.53 Å². The van der Waals surface area contributed by atoms with Crippen LogP contribution in [0, 0.1) is 0 Å². The molecule has 3 aromatic rings. The Labute approximate surface area is 139 Å². The van der Waals surface area contributed by atoms with Gasteiger partial charge in [-0.3, -0.25) is 9.36 Å². The highest BCUT2D eigenvalue weighted by molar-refractivity contribution is 5.90. The van der Waals surface area contributed by atoms with Crippen molar-refractivity contribution in [1.29, 1.82) is 0 Å². The Morgan fingerprint density at radius 3 is 2.79 bits per heavy atom. The first-order valence-corrected chi connectivity index (χ1v) is 7.63. The zero-order chi connectivity index (χ0) is 16.8. The van der Waals surface area contributed by atoms with Gasteiger partial charge in [-0.25, -0.2) is 15.0 Å². The van der Waals surface area contributed by atoms with Crippen LogP contribution in [0.4, 0.5) is 5.69 Å². The normalized spacial score (nSPS) is 10.4. The molecule has 0 atom stereocenters. The molecule has 0 fully saturated rings. The van der Waals surface area contributed by atoms with E-state index in [2.05, 4.69) is 20.3 Å². The lowest BCUT2D eigenvalue weighted by atomic mass is 10.2. The first-order chi connectivity index (χ1) is 11.7. The van der Waals surface area contributed by atoms with E-state index in [0.29, 0.717) is 23.9 Å². The lowest BCUT2D eigenvalue weighted by Gasteiger charge is -2.08. The van der Waals surface area contributed by atoms with Crippen molar-refractivity contribution in [3.05, 3.63) is 55.4 Å². The van der Waals surface area contributed by atoms with Crippen LogP contribution in [0.3, 0.4) is 0 Å². The topological polar surface area (TPSA) is 81.9 Å². The summed E-state index contributed by atoms with van der Waals surface area (Å²) < 4.78 is 7.49. The van der Waals surface area contributed by atoms with Crippen molar-refractivity contribution in [2.45, 2.75) is 19.8 Å². The van der Waals surface area contributed by atoms with E-state index in [9.17, 15) is 4.79 Å². The van der Waals surface area contributed by atoms with Gasteiger partial charge in [0.2, 0.25) is 11.8 Å². The van der Waals surface area contributed by atoms with Crippen molar-refractivity contribution >= 4 is 11.6 Å². The Morgan fingerprint density at radius 2 is 2.08 bits per heavy atom. The van der Waals surface area contributed by atoms with Gasteiger partial charge < -0.3 is 10.1 Å². The maximum atomic E-state index is 11.6. The molecule has 0 bridgehead atoms. The summed E-state index contributed by atoms with van der Waals surface area (Å²) in [6.45, 7) is 1.97. The number of hydrogen-bond acceptors (Lipinski definition) is 5. The summed E-state index contributed by atoms with van der Waals surface area (Å²) in [5.74, 6) is 1.73. The van der Waals surface area contributed by atoms with E-state index in [1.807, 2.05) is 6.92 Å². The molecule has 0 radical (unpaired) electrons. The van der Waals surface area contributed by atoms with Gasteiger partial charge in [0, 0.05) is 30.6 Å². The molecule has 1 amide bonds. The number of ether oxygens (including phenoxy) is 1. The van der Waals surface area contributed by atoms with Gasteiger partial charge in [0.1, 0.15) is 24.2 Å². The van der Waals surface area contributed by atoms with Crippen molar-refractivity contribution in [1.82, 2.24) is 19.5 Å². The number of carbonyl (C=O) groups is 1. The van der Waals surface area contributed by atoms with Gasteiger partial charge in [-0.2, -0.15) is 0 Å². The maximum Gasteiger partial charge on any atom is 0.224 e. The van der Waals surface area contributed by atoms with Gasteiger partial charge in [0.05, 0.1) is 0 Å². The van der Waals surface area contributed by atoms with Crippen molar-refractivity contribution in [2.75, 3.05) is 5.32 Å². The Bertz CT molecular complexity index is 800. The highest BCUT2D eigenvalue weighted by Crippen LogP contribution is 2.22. The Kier molecular flexibility index (Phi) is 4.81. The van der Waals surface area contributed by atoms with Crippen LogP contribution < -0.4 is 10.1 Å². The molecular weight excluding hydrogens is 306 g/mol. The zero-order valence-electron chi connectivity index (χ0n) is 13.2. The van der Waals surface area contributed by atoms with Gasteiger partial charge in [-0.05, 0) is 30.7 Å². The number of anilines is 1. The van der Waals surface area contributed by atoms with Crippen LogP contribution in [-0.4, -0.2) is 25.4 Å². The Morgan fingerprint density at radius 1 is 1.25 bits per heavy atom. The predicted octanol–water partition coefficient (Wildman–Crippen LogP) is 3.19. The van der Waals surface area contributed by atoms with E-state index in [1.54, 1.807) is 53.6 Å². The van der Waals surface area contributed by atoms with Crippen molar-refractivity contribution in [2.24, 2.45) is 0 Å². The Hall–Kier alpha value is -3.22. The molecular formula is C17H17N5O2. The fourth-order valence-corrected chi connectivity index (χ4v) is 2.10. The zero-order valence-corrected chi connectivity index (χ0v) is 13.2. The average Bonchev–Trinajstić information content (AvgIpc) is 3.12. The number of imidazole rings is 1. The van der Waals surface area contributed by atoms with Gasteiger partial charge in [0.15, 0.2) is 0 Å². The molecule has 7 nitrogen and oxygen atoms in total. The second-order valence-corrected chi connectivity index (χ2v) is 5.11. The van der Waals surface area contributed by atoms with Gasteiger partial charge >= 0.3 is 0 Å². The third-order valence-corrected chi connectivity index (χ3v) is 3.23. The molecule has 2 aromatic heterocycles. The van der Waals surface area contributed by atoms with Gasteiger partial charge in [-0.15, -0.1) is 0 Å². The summed E-state index contributed by atoms with van der Waals surface area (Å²) in [5, 5.41) is 2.83. The van der Waals surface area contributed by atoms with Crippen LogP contribution in [0.5, 0.6) is 11.6 Å². The summed E-state index contributed by atoms with van der Waals surface area (Å²) in [5.41, 5.74) is 0.739. The molecule has 3 rings (SSSR count). The van der Waals surface area contributed by atoms with Crippen LogP contribution in [-0.2, 0) is 4.79 Å². The largest absolute Gasteiger partial charge is 0.439 e. The molecule has 0 aliphatic carbocycles. The lowest BCUT2D eigenvalue weighted by molar-refractivity contribution is -0.116. The SMILES string of the molecule is CCCC(=O)Nc1ccc(Oc2cc(-n3ccnc3)ncn2)cc1. The number of aromatic nitrogens is 4. The van der Waals surface area contributed by atoms with Gasteiger partial charge in [0.25, 0.3) is 0 Å². The number of benzene rings is 1. The second kappa shape index (κ2) is 7.36. The third-order valence-electron chi connectivity index (χ3n) is 3.23. The van der Waals surface area contributed by atoms with Gasteiger partial charge in [-0.1, -0.05) is 6.92 Å². The molecule has 1 N–H and O–H groups in total. The fourth-order valence-electron chi connectivity index (χ4n) is 2.10. The molecule has 0 aliphatic rings. The van der Waals surface area contributed by atoms with Crippen molar-refractivity contribution in [3.8, 4) is 17.4 Å². The number of nitrogens with zero attached hydrogens (tertiary/aromatic N) is 4. The molecule has 1 aromatic carbocycles. The first kappa shape index (κ1) is 15.7. The molecule has 0 saturated carbocycles. The number of carbonyl (C=O) groups excluding carboxylic acids is 1. The highest BCUT2D eigenvalue weighted by Gasteiger charge is 2.05. The van der Waals surface area contributed by atoms with Crippen LogP contribution in [0.25, 0.3) is 5.82 Å². The minimum Gasteiger partial charge on any atom is -0.439 e. The fraction of sp³-hybridized carbons (Fsp3) is 0.176. The molecule has 0 aliphatic heterocycles. The van der Waals surface area contributed by atoms with Crippen LogP contribution in [0.15, 0.2) is 55.4 Å². The summed E-state index contributed by atoms with van der Waals surface area (Å²) in [7, 11) is 0. The number of hydrogen-bond donors (Lipinski definition) is 1. The highest BCUT2D eigenvalue weighted by atomic mass is 16.5. The number of rotatable bonds is 6. The van der Waals surface area contributed by atoms with Crippen LogP contribution >= 0.6 is 0 Å². The molecule has 2 heterocycles. The molecule has 0 spiro atoms. The smallest absolute Gasteiger partial charge is 0.224 e. The molecule has 7 heteroatoms. The lowest BCUT2D eigenvalue weighted by Crippen LogP contribution is -2.10. The van der Waals surface area contributed by atoms with Crippen molar-refractivity contribution in [3.63, 3.8) is 0 Å². The maximum absolute atomic E-state index is 11.6. The number of amides is 1. The average molecular weight is 323 g/mol. The van der Waals surface area contributed by atoms with Crippen LogP contribution in [0.2, 0.25) is 0 Å². The quantitative estimate of drug-likeness (QED) is 0.753.